The summed E-state index contributed by atoms with van der Waals surface area (Å²) in [6.45, 7) is 0. The molecular weight excluding hydrogens is 384 g/mol. The number of amidine groups is 1. The summed E-state index contributed by atoms with van der Waals surface area (Å²) in [7, 11) is 0.145. The number of fused-ring (bicyclic) bond motifs is 1. The first-order valence-electron chi connectivity index (χ1n) is 9.23. The maximum Gasteiger partial charge on any atom is 0.343 e. The van der Waals surface area contributed by atoms with Crippen molar-refractivity contribution in [2.75, 3.05) is 24.3 Å². The van der Waals surface area contributed by atoms with E-state index in [1.807, 2.05) is 73.6 Å². The Morgan fingerprint density at radius 2 is 1.69 bits per heavy atom. The first kappa shape index (κ1) is 19.0. The SMILES string of the molecule is CN(C)c1ccc(NC2=NS(=O)(=O)NC(Cc3ccc4ccccc4c3)=C2)cc1. The molecule has 0 radical (unpaired) electrons. The molecule has 7 heteroatoms. The summed E-state index contributed by atoms with van der Waals surface area (Å²) in [5.74, 6) is 0.289. The number of rotatable bonds is 4. The molecule has 0 fully saturated rings. The average Bonchev–Trinajstić information content (AvgIpc) is 2.67. The molecule has 0 bridgehead atoms. The number of nitrogens with zero attached hydrogens (tertiary/aromatic N) is 2. The first-order chi connectivity index (χ1) is 13.9. The fraction of sp³-hybridized carbons (Fsp3) is 0.136. The van der Waals surface area contributed by atoms with Crippen LogP contribution >= 0.6 is 0 Å². The molecule has 0 spiro atoms. The van der Waals surface area contributed by atoms with Crippen LogP contribution in [0.1, 0.15) is 5.56 Å². The van der Waals surface area contributed by atoms with Crippen LogP contribution in [-0.4, -0.2) is 28.3 Å². The third-order valence-corrected chi connectivity index (χ3v) is 5.61. The van der Waals surface area contributed by atoms with Crippen molar-refractivity contribution in [2.45, 2.75) is 6.42 Å². The first-order valence-corrected chi connectivity index (χ1v) is 10.7. The van der Waals surface area contributed by atoms with E-state index in [1.54, 1.807) is 6.08 Å². The van der Waals surface area contributed by atoms with Crippen molar-refractivity contribution in [1.82, 2.24) is 4.72 Å². The van der Waals surface area contributed by atoms with Crippen molar-refractivity contribution in [3.8, 4) is 0 Å². The van der Waals surface area contributed by atoms with Crippen LogP contribution in [0.5, 0.6) is 0 Å². The number of allylic oxidation sites excluding steroid dienone is 1. The van der Waals surface area contributed by atoms with Crippen molar-refractivity contribution in [3.63, 3.8) is 0 Å². The Morgan fingerprint density at radius 3 is 2.41 bits per heavy atom. The molecule has 3 aromatic carbocycles. The van der Waals surface area contributed by atoms with E-state index in [0.717, 1.165) is 27.7 Å². The Balaban J connectivity index is 1.56. The molecule has 0 saturated heterocycles. The van der Waals surface area contributed by atoms with Gasteiger partial charge < -0.3 is 10.2 Å². The zero-order chi connectivity index (χ0) is 20.4. The smallest absolute Gasteiger partial charge is 0.343 e. The summed E-state index contributed by atoms with van der Waals surface area (Å²) >= 11 is 0. The predicted octanol–water partition coefficient (Wildman–Crippen LogP) is 3.69. The van der Waals surface area contributed by atoms with Gasteiger partial charge in [-0.2, -0.15) is 8.42 Å². The van der Waals surface area contributed by atoms with E-state index >= 15 is 0 Å². The van der Waals surface area contributed by atoms with Gasteiger partial charge in [-0.1, -0.05) is 42.5 Å². The summed E-state index contributed by atoms with van der Waals surface area (Å²) in [6.07, 6.45) is 2.19. The minimum Gasteiger partial charge on any atom is -0.378 e. The highest BCUT2D eigenvalue weighted by molar-refractivity contribution is 7.88. The minimum absolute atomic E-state index is 0.289. The lowest BCUT2D eigenvalue weighted by molar-refractivity contribution is 0.589. The van der Waals surface area contributed by atoms with E-state index in [2.05, 4.69) is 26.6 Å². The van der Waals surface area contributed by atoms with Crippen LogP contribution in [0.3, 0.4) is 0 Å². The van der Waals surface area contributed by atoms with Crippen LogP contribution in [0.2, 0.25) is 0 Å². The molecule has 2 N–H and O–H groups in total. The number of nitrogens with one attached hydrogen (secondary N) is 2. The minimum atomic E-state index is -3.79. The molecule has 6 nitrogen and oxygen atoms in total. The van der Waals surface area contributed by atoms with Gasteiger partial charge in [0.25, 0.3) is 0 Å². The molecule has 1 aliphatic heterocycles. The monoisotopic (exact) mass is 406 g/mol. The largest absolute Gasteiger partial charge is 0.378 e. The molecule has 0 aliphatic carbocycles. The van der Waals surface area contributed by atoms with Gasteiger partial charge in [-0.05, 0) is 40.6 Å². The molecule has 4 rings (SSSR count). The second-order valence-corrected chi connectivity index (χ2v) is 8.48. The quantitative estimate of drug-likeness (QED) is 0.693. The maximum atomic E-state index is 12.2. The van der Waals surface area contributed by atoms with Gasteiger partial charge in [0.05, 0.1) is 0 Å². The highest BCUT2D eigenvalue weighted by atomic mass is 32.2. The van der Waals surface area contributed by atoms with Crippen LogP contribution in [0.4, 0.5) is 11.4 Å². The molecule has 1 aliphatic rings. The molecule has 3 aromatic rings. The standard InChI is InChI=1S/C22H22N4O2S/c1-26(2)21-11-9-19(10-12-21)23-22-15-20(24-29(27,28)25-22)14-16-7-8-17-5-3-4-6-18(17)13-16/h3-13,15,24H,14H2,1-2H3,(H,23,25). The number of anilines is 2. The van der Waals surface area contributed by atoms with Crippen molar-refractivity contribution >= 4 is 38.2 Å². The number of hydrogen-bond acceptors (Lipinski definition) is 4. The third-order valence-electron chi connectivity index (χ3n) is 4.65. The van der Waals surface area contributed by atoms with Crippen molar-refractivity contribution < 1.29 is 8.42 Å². The average molecular weight is 407 g/mol. The molecule has 0 aromatic heterocycles. The Hall–Kier alpha value is -3.32. The Bertz CT molecular complexity index is 1210. The van der Waals surface area contributed by atoms with Crippen LogP contribution < -0.4 is 14.9 Å². The molecule has 1 heterocycles. The predicted molar refractivity (Wildman–Crippen MR) is 120 cm³/mol. The second kappa shape index (κ2) is 7.60. The lowest BCUT2D eigenvalue weighted by Gasteiger charge is -2.17. The molecule has 0 amide bonds. The van der Waals surface area contributed by atoms with Gasteiger partial charge in [-0.15, -0.1) is 4.40 Å². The number of hydrogen-bond donors (Lipinski definition) is 2. The van der Waals surface area contributed by atoms with Crippen molar-refractivity contribution in [2.24, 2.45) is 4.40 Å². The normalized spacial score (nSPS) is 15.2. The van der Waals surface area contributed by atoms with E-state index in [-0.39, 0.29) is 5.84 Å². The second-order valence-electron chi connectivity index (χ2n) is 7.15. The zero-order valence-corrected chi connectivity index (χ0v) is 17.1. The summed E-state index contributed by atoms with van der Waals surface area (Å²) in [6, 6.07) is 21.9. The van der Waals surface area contributed by atoms with Crippen LogP contribution in [-0.2, 0) is 16.6 Å². The highest BCUT2D eigenvalue weighted by Gasteiger charge is 2.18. The van der Waals surface area contributed by atoms with Crippen LogP contribution in [0, 0.1) is 0 Å². The van der Waals surface area contributed by atoms with Gasteiger partial charge in [-0.3, -0.25) is 4.72 Å². The summed E-state index contributed by atoms with van der Waals surface area (Å²) in [4.78, 5) is 2.00. The van der Waals surface area contributed by atoms with Gasteiger partial charge in [0.15, 0.2) is 0 Å². The fourth-order valence-corrected chi connectivity index (χ4v) is 4.11. The Labute approximate surface area is 170 Å². The van der Waals surface area contributed by atoms with E-state index in [0.29, 0.717) is 12.1 Å². The van der Waals surface area contributed by atoms with Crippen molar-refractivity contribution in [3.05, 3.63) is 84.1 Å². The topological polar surface area (TPSA) is 73.8 Å². The molecule has 148 valence electrons. The Kier molecular flexibility index (Phi) is 4.98. The zero-order valence-electron chi connectivity index (χ0n) is 16.3. The van der Waals surface area contributed by atoms with E-state index in [9.17, 15) is 8.42 Å². The van der Waals surface area contributed by atoms with Gasteiger partial charge in [0.1, 0.15) is 5.84 Å². The van der Waals surface area contributed by atoms with Gasteiger partial charge in [0, 0.05) is 43.7 Å². The molecular formula is C22H22N4O2S. The highest BCUT2D eigenvalue weighted by Crippen LogP contribution is 2.20. The summed E-state index contributed by atoms with van der Waals surface area (Å²) in [5, 5.41) is 5.36. The van der Waals surface area contributed by atoms with Crippen molar-refractivity contribution in [1.29, 1.82) is 0 Å². The van der Waals surface area contributed by atoms with Crippen LogP contribution in [0.15, 0.2) is 82.9 Å². The Morgan fingerprint density at radius 1 is 0.966 bits per heavy atom. The van der Waals surface area contributed by atoms with E-state index in [4.69, 9.17) is 0 Å². The van der Waals surface area contributed by atoms with E-state index < -0.39 is 10.2 Å². The van der Waals surface area contributed by atoms with E-state index in [1.165, 1.54) is 0 Å². The molecule has 0 unspecified atom stereocenters. The molecule has 0 atom stereocenters. The van der Waals surface area contributed by atoms with Gasteiger partial charge in [-0.25, -0.2) is 0 Å². The number of benzene rings is 3. The molecule has 29 heavy (non-hydrogen) atoms. The maximum absolute atomic E-state index is 12.2. The lowest BCUT2D eigenvalue weighted by atomic mass is 10.0. The molecule has 0 saturated carbocycles. The van der Waals surface area contributed by atoms with Gasteiger partial charge in [0.2, 0.25) is 0 Å². The fourth-order valence-electron chi connectivity index (χ4n) is 3.24. The summed E-state index contributed by atoms with van der Waals surface area (Å²) < 4.78 is 30.8. The third kappa shape index (κ3) is 4.57. The lowest BCUT2D eigenvalue weighted by Crippen LogP contribution is -2.30. The summed E-state index contributed by atoms with van der Waals surface area (Å²) in [5.41, 5.74) is 3.42. The van der Waals surface area contributed by atoms with Gasteiger partial charge >= 0.3 is 10.2 Å². The van der Waals surface area contributed by atoms with Crippen LogP contribution in [0.25, 0.3) is 10.8 Å².